The molecule has 0 amide bonds. The van der Waals surface area contributed by atoms with E-state index >= 15 is 0 Å². The maximum Gasteiger partial charge on any atom is 2.00 e. The number of rotatable bonds is 4. The zero-order chi connectivity index (χ0) is 8.20. The van der Waals surface area contributed by atoms with Gasteiger partial charge in [-0.1, -0.05) is 0 Å². The second kappa shape index (κ2) is 6.20. The molecule has 0 heterocycles. The molecule has 0 bridgehead atoms. The Hall–Kier alpha value is 0.653. The molecule has 2 N–H and O–H groups in total. The molecule has 0 aromatic carbocycles. The quantitative estimate of drug-likeness (QED) is 0.401. The Bertz CT molecular complexity index is 130. The molecule has 8 heteroatoms. The van der Waals surface area contributed by atoms with Gasteiger partial charge in [-0.3, -0.25) is 0 Å². The van der Waals surface area contributed by atoms with Gasteiger partial charge in [0.15, 0.2) is 0 Å². The maximum atomic E-state index is 9.79. The van der Waals surface area contributed by atoms with Crippen molar-refractivity contribution in [1.82, 2.24) is 0 Å². The van der Waals surface area contributed by atoms with Crippen LogP contribution in [0.25, 0.3) is 0 Å². The van der Waals surface area contributed by atoms with E-state index in [9.17, 15) is 14.4 Å². The molecular formula is C3H7O6PZn. The molecule has 0 aliphatic rings. The summed E-state index contributed by atoms with van der Waals surface area (Å²) in [6.45, 7) is -1.41. The number of phosphoric ester groups is 1. The monoisotopic (exact) mass is 234 g/mol. The van der Waals surface area contributed by atoms with Crippen molar-refractivity contribution in [2.75, 3.05) is 13.2 Å². The molecule has 62 valence electrons. The predicted molar refractivity (Wildman–Crippen MR) is 26.7 cm³/mol. The molecule has 0 fully saturated rings. The van der Waals surface area contributed by atoms with Gasteiger partial charge in [0.1, 0.15) is 6.10 Å². The van der Waals surface area contributed by atoms with Crippen LogP contribution in [0.1, 0.15) is 0 Å². The van der Waals surface area contributed by atoms with Gasteiger partial charge in [0.2, 0.25) is 0 Å². The van der Waals surface area contributed by atoms with Gasteiger partial charge in [0.05, 0.1) is 21.0 Å². The summed E-state index contributed by atoms with van der Waals surface area (Å²) in [7, 11) is -5.07. The Morgan fingerprint density at radius 2 is 1.73 bits per heavy atom. The molecule has 0 rings (SSSR count). The zero-order valence-corrected chi connectivity index (χ0v) is 9.53. The smallest absolute Gasteiger partial charge is 0.790 e. The van der Waals surface area contributed by atoms with Crippen LogP contribution >= 0.6 is 7.82 Å². The largest absolute Gasteiger partial charge is 2.00 e. The molecule has 0 radical (unpaired) electrons. The summed E-state index contributed by atoms with van der Waals surface area (Å²) in [5, 5.41) is 16.4. The topological polar surface area (TPSA) is 113 Å². The van der Waals surface area contributed by atoms with Gasteiger partial charge in [-0.25, -0.2) is 0 Å². The van der Waals surface area contributed by atoms with Gasteiger partial charge in [-0.05, 0) is 0 Å². The van der Waals surface area contributed by atoms with Gasteiger partial charge in [-0.2, -0.15) is 0 Å². The van der Waals surface area contributed by atoms with Gasteiger partial charge >= 0.3 is 19.5 Å². The summed E-state index contributed by atoms with van der Waals surface area (Å²) in [4.78, 5) is 19.6. The van der Waals surface area contributed by atoms with Crippen molar-refractivity contribution >= 4 is 7.82 Å². The van der Waals surface area contributed by atoms with Crippen LogP contribution in [-0.4, -0.2) is 29.5 Å². The van der Waals surface area contributed by atoms with Crippen LogP contribution in [0.5, 0.6) is 0 Å². The summed E-state index contributed by atoms with van der Waals surface area (Å²) < 4.78 is 13.5. The number of aliphatic hydroxyl groups excluding tert-OH is 2. The first-order valence-electron chi connectivity index (χ1n) is 2.41. The van der Waals surface area contributed by atoms with E-state index < -0.39 is 27.1 Å². The van der Waals surface area contributed by atoms with E-state index in [1.807, 2.05) is 0 Å². The van der Waals surface area contributed by atoms with Crippen molar-refractivity contribution in [3.05, 3.63) is 0 Å². The SMILES string of the molecule is O=P([O-])([O-])OC(CO)CO.[Zn+2]. The maximum absolute atomic E-state index is 9.79. The van der Waals surface area contributed by atoms with E-state index in [1.54, 1.807) is 0 Å². The predicted octanol–water partition coefficient (Wildman–Crippen LogP) is -2.82. The molecule has 0 spiro atoms. The Balaban J connectivity index is 0. The molecule has 0 atom stereocenters. The second-order valence-electron chi connectivity index (χ2n) is 1.54. The molecule has 11 heavy (non-hydrogen) atoms. The summed E-state index contributed by atoms with van der Waals surface area (Å²) in [6, 6.07) is 0. The fourth-order valence-electron chi connectivity index (χ4n) is 0.307. The molecule has 0 aromatic heterocycles. The Kier molecular flexibility index (Phi) is 8.00. The summed E-state index contributed by atoms with van der Waals surface area (Å²) >= 11 is 0. The first kappa shape index (κ1) is 14.2. The molecule has 0 saturated carbocycles. The first-order chi connectivity index (χ1) is 4.49. The summed E-state index contributed by atoms with van der Waals surface area (Å²) in [6.07, 6.45) is -1.33. The van der Waals surface area contributed by atoms with Crippen LogP contribution in [0.3, 0.4) is 0 Å². The van der Waals surface area contributed by atoms with Crippen LogP contribution in [-0.2, 0) is 28.6 Å². The van der Waals surface area contributed by atoms with Crippen molar-refractivity contribution in [3.63, 3.8) is 0 Å². The average molecular weight is 235 g/mol. The Morgan fingerprint density at radius 3 is 1.82 bits per heavy atom. The second-order valence-corrected chi connectivity index (χ2v) is 2.65. The van der Waals surface area contributed by atoms with E-state index in [2.05, 4.69) is 4.52 Å². The first-order valence-corrected chi connectivity index (χ1v) is 3.88. The van der Waals surface area contributed by atoms with Gasteiger partial charge in [0.25, 0.3) is 0 Å². The van der Waals surface area contributed by atoms with Gasteiger partial charge < -0.3 is 29.1 Å². The van der Waals surface area contributed by atoms with Crippen molar-refractivity contribution in [3.8, 4) is 0 Å². The number of aliphatic hydroxyl groups is 2. The minimum atomic E-state index is -5.07. The third kappa shape index (κ3) is 8.56. The fraction of sp³-hybridized carbons (Fsp3) is 1.00. The normalized spacial score (nSPS) is 11.4. The van der Waals surface area contributed by atoms with Crippen LogP contribution in [0.4, 0.5) is 0 Å². The number of hydrogen-bond donors (Lipinski definition) is 2. The zero-order valence-electron chi connectivity index (χ0n) is 5.67. The third-order valence-corrected chi connectivity index (χ3v) is 1.24. The van der Waals surface area contributed by atoms with Crippen LogP contribution in [0.2, 0.25) is 0 Å². The summed E-state index contributed by atoms with van der Waals surface area (Å²) in [5.74, 6) is 0. The van der Waals surface area contributed by atoms with Crippen molar-refractivity contribution in [2.45, 2.75) is 6.10 Å². The van der Waals surface area contributed by atoms with E-state index in [0.29, 0.717) is 0 Å². The van der Waals surface area contributed by atoms with Crippen LogP contribution in [0, 0.1) is 0 Å². The van der Waals surface area contributed by atoms with Gasteiger partial charge in [0, 0.05) is 0 Å². The van der Waals surface area contributed by atoms with Crippen molar-refractivity contribution in [2.24, 2.45) is 0 Å². The number of phosphoric acid groups is 1. The molecule has 0 unspecified atom stereocenters. The van der Waals surface area contributed by atoms with Crippen LogP contribution in [0.15, 0.2) is 0 Å². The van der Waals surface area contributed by atoms with Gasteiger partial charge in [-0.15, -0.1) is 0 Å². The summed E-state index contributed by atoms with van der Waals surface area (Å²) in [5.41, 5.74) is 0. The third-order valence-electron chi connectivity index (χ3n) is 0.685. The number of hydrogen-bond acceptors (Lipinski definition) is 6. The van der Waals surface area contributed by atoms with Crippen molar-refractivity contribution in [1.29, 1.82) is 0 Å². The van der Waals surface area contributed by atoms with E-state index in [-0.39, 0.29) is 19.5 Å². The van der Waals surface area contributed by atoms with E-state index in [4.69, 9.17) is 10.2 Å². The molecule has 0 aliphatic carbocycles. The average Bonchev–Trinajstić information content (AvgIpc) is 1.81. The minimum Gasteiger partial charge on any atom is -0.790 e. The Labute approximate surface area is 76.2 Å². The molecular weight excluding hydrogens is 228 g/mol. The molecule has 0 aromatic rings. The van der Waals surface area contributed by atoms with Crippen LogP contribution < -0.4 is 9.79 Å². The molecule has 0 saturated heterocycles. The molecule has 6 nitrogen and oxygen atoms in total. The van der Waals surface area contributed by atoms with E-state index in [0.717, 1.165) is 0 Å². The minimum absolute atomic E-state index is 0. The molecule has 0 aliphatic heterocycles. The fourth-order valence-corrected chi connectivity index (χ4v) is 0.805. The van der Waals surface area contributed by atoms with Crippen molar-refractivity contribution < 1.29 is 48.6 Å². The standard InChI is InChI=1S/C3H9O6P.Zn/c4-1-3(2-5)9-10(6,7)8;/h3-5H,1-2H2,(H2,6,7,8);/q;+2/p-2. The van der Waals surface area contributed by atoms with E-state index in [1.165, 1.54) is 0 Å². The Morgan fingerprint density at radius 1 is 1.36 bits per heavy atom.